The highest BCUT2D eigenvalue weighted by atomic mass is 32.2. The van der Waals surface area contributed by atoms with E-state index in [2.05, 4.69) is 9.88 Å². The lowest BCUT2D eigenvalue weighted by Gasteiger charge is -2.38. The van der Waals surface area contributed by atoms with Crippen LogP contribution in [0.4, 0.5) is 0 Å². The molecule has 1 aromatic heterocycles. The van der Waals surface area contributed by atoms with Gasteiger partial charge in [-0.15, -0.1) is 0 Å². The lowest BCUT2D eigenvalue weighted by atomic mass is 9.96. The number of pyridine rings is 1. The van der Waals surface area contributed by atoms with Gasteiger partial charge < -0.3 is 4.90 Å². The highest BCUT2D eigenvalue weighted by Crippen LogP contribution is 2.25. The number of hydrogen-bond donors (Lipinski definition) is 0. The molecule has 2 fully saturated rings. The van der Waals surface area contributed by atoms with Crippen molar-refractivity contribution in [3.8, 4) is 0 Å². The van der Waals surface area contributed by atoms with Gasteiger partial charge in [0.05, 0.1) is 10.6 Å². The van der Waals surface area contributed by atoms with E-state index in [9.17, 15) is 13.2 Å². The number of nitrogens with zero attached hydrogens (tertiary/aromatic N) is 4. The van der Waals surface area contributed by atoms with Gasteiger partial charge in [0, 0.05) is 57.9 Å². The second-order valence-electron chi connectivity index (χ2n) is 7.91. The van der Waals surface area contributed by atoms with Crippen molar-refractivity contribution >= 4 is 15.9 Å². The average molecular weight is 429 g/mol. The molecule has 30 heavy (non-hydrogen) atoms. The van der Waals surface area contributed by atoms with Crippen LogP contribution in [0.25, 0.3) is 0 Å². The molecule has 4 rings (SSSR count). The van der Waals surface area contributed by atoms with Crippen LogP contribution >= 0.6 is 0 Å². The third-order valence-electron chi connectivity index (χ3n) is 5.98. The van der Waals surface area contributed by atoms with E-state index in [1.54, 1.807) is 36.5 Å². The van der Waals surface area contributed by atoms with Crippen molar-refractivity contribution < 1.29 is 13.2 Å². The number of hydrogen-bond acceptors (Lipinski definition) is 5. The fourth-order valence-electron chi connectivity index (χ4n) is 4.19. The third kappa shape index (κ3) is 4.71. The number of sulfonamides is 1. The van der Waals surface area contributed by atoms with E-state index in [0.29, 0.717) is 43.9 Å². The standard InChI is InChI=1S/C22H28N4O3S/c27-22(25-16-14-24(15-17-25)18-20-6-4-5-11-23-20)19-9-12-26(13-10-19)30(28,29)21-7-2-1-3-8-21/h1-8,11,19H,9-10,12-18H2. The molecule has 2 aliphatic rings. The SMILES string of the molecule is O=C(C1CCN(S(=O)(=O)c2ccccc2)CC1)N1CCN(Cc2ccccn2)CC1. The molecule has 2 saturated heterocycles. The highest BCUT2D eigenvalue weighted by molar-refractivity contribution is 7.89. The third-order valence-corrected chi connectivity index (χ3v) is 7.89. The predicted octanol–water partition coefficient (Wildman–Crippen LogP) is 1.83. The van der Waals surface area contributed by atoms with E-state index in [1.807, 2.05) is 23.1 Å². The molecular formula is C22H28N4O3S. The summed E-state index contributed by atoms with van der Waals surface area (Å²) >= 11 is 0. The maximum Gasteiger partial charge on any atom is 0.243 e. The average Bonchev–Trinajstić information content (AvgIpc) is 2.80. The predicted molar refractivity (Wildman–Crippen MR) is 114 cm³/mol. The van der Waals surface area contributed by atoms with Crippen molar-refractivity contribution in [1.29, 1.82) is 0 Å². The zero-order valence-corrected chi connectivity index (χ0v) is 17.9. The Kier molecular flexibility index (Phi) is 6.46. The quantitative estimate of drug-likeness (QED) is 0.726. The summed E-state index contributed by atoms with van der Waals surface area (Å²) < 4.78 is 27.1. The maximum atomic E-state index is 13.0. The minimum Gasteiger partial charge on any atom is -0.340 e. The molecule has 0 atom stereocenters. The van der Waals surface area contributed by atoms with Gasteiger partial charge in [0.25, 0.3) is 0 Å². The van der Waals surface area contributed by atoms with Gasteiger partial charge in [-0.3, -0.25) is 14.7 Å². The molecule has 0 bridgehead atoms. The van der Waals surface area contributed by atoms with Crippen molar-refractivity contribution in [2.75, 3.05) is 39.3 Å². The number of rotatable bonds is 5. The first-order valence-electron chi connectivity index (χ1n) is 10.5. The summed E-state index contributed by atoms with van der Waals surface area (Å²) in [6, 6.07) is 14.4. The Balaban J connectivity index is 1.27. The van der Waals surface area contributed by atoms with Crippen molar-refractivity contribution in [2.24, 2.45) is 5.92 Å². The van der Waals surface area contributed by atoms with E-state index in [1.165, 1.54) is 4.31 Å². The lowest BCUT2D eigenvalue weighted by Crippen LogP contribution is -2.51. The zero-order valence-electron chi connectivity index (χ0n) is 17.1. The Morgan fingerprint density at radius 1 is 0.900 bits per heavy atom. The number of piperazine rings is 1. The number of amides is 1. The Morgan fingerprint density at radius 2 is 1.57 bits per heavy atom. The number of piperidine rings is 1. The van der Waals surface area contributed by atoms with E-state index in [0.717, 1.165) is 25.3 Å². The normalized spacial score (nSPS) is 19.7. The van der Waals surface area contributed by atoms with E-state index >= 15 is 0 Å². The van der Waals surface area contributed by atoms with Crippen LogP contribution in [0.15, 0.2) is 59.6 Å². The van der Waals surface area contributed by atoms with Gasteiger partial charge in [-0.05, 0) is 37.1 Å². The summed E-state index contributed by atoms with van der Waals surface area (Å²) in [5, 5.41) is 0. The molecule has 2 aromatic rings. The molecule has 0 radical (unpaired) electrons. The zero-order chi connectivity index (χ0) is 21.0. The van der Waals surface area contributed by atoms with Crippen LogP contribution in [0.3, 0.4) is 0 Å². The number of benzene rings is 1. The first-order chi connectivity index (χ1) is 14.5. The van der Waals surface area contributed by atoms with E-state index < -0.39 is 10.0 Å². The molecule has 0 aliphatic carbocycles. The van der Waals surface area contributed by atoms with Crippen molar-refractivity contribution in [3.63, 3.8) is 0 Å². The first kappa shape index (κ1) is 21.0. The fourth-order valence-corrected chi connectivity index (χ4v) is 5.68. The van der Waals surface area contributed by atoms with Crippen LogP contribution in [0.2, 0.25) is 0 Å². The van der Waals surface area contributed by atoms with Crippen molar-refractivity contribution in [1.82, 2.24) is 19.1 Å². The molecule has 7 nitrogen and oxygen atoms in total. The monoisotopic (exact) mass is 428 g/mol. The molecule has 2 aliphatic heterocycles. The van der Waals surface area contributed by atoms with Crippen molar-refractivity contribution in [2.45, 2.75) is 24.3 Å². The van der Waals surface area contributed by atoms with E-state index in [4.69, 9.17) is 0 Å². The Morgan fingerprint density at radius 3 is 2.20 bits per heavy atom. The fraction of sp³-hybridized carbons (Fsp3) is 0.455. The summed E-state index contributed by atoms with van der Waals surface area (Å²) in [5.41, 5.74) is 1.05. The minimum absolute atomic E-state index is 0.0884. The molecule has 3 heterocycles. The van der Waals surface area contributed by atoms with Crippen LogP contribution < -0.4 is 0 Å². The molecule has 0 saturated carbocycles. The van der Waals surface area contributed by atoms with Crippen LogP contribution in [-0.4, -0.2) is 72.7 Å². The van der Waals surface area contributed by atoms with Gasteiger partial charge >= 0.3 is 0 Å². The summed E-state index contributed by atoms with van der Waals surface area (Å²) in [6.45, 7) is 4.70. The van der Waals surface area contributed by atoms with Gasteiger partial charge in [-0.25, -0.2) is 8.42 Å². The first-order valence-corrected chi connectivity index (χ1v) is 11.9. The largest absolute Gasteiger partial charge is 0.340 e. The topological polar surface area (TPSA) is 73.8 Å². The van der Waals surface area contributed by atoms with Crippen LogP contribution in [0.5, 0.6) is 0 Å². The lowest BCUT2D eigenvalue weighted by molar-refractivity contribution is -0.138. The van der Waals surface area contributed by atoms with Gasteiger partial charge in [-0.2, -0.15) is 4.31 Å². The maximum absolute atomic E-state index is 13.0. The summed E-state index contributed by atoms with van der Waals surface area (Å²) in [5.74, 6) is 0.0822. The molecule has 1 amide bonds. The van der Waals surface area contributed by atoms with Crippen LogP contribution in [0.1, 0.15) is 18.5 Å². The molecule has 1 aromatic carbocycles. The summed E-state index contributed by atoms with van der Waals surface area (Å²) in [4.78, 5) is 21.9. The van der Waals surface area contributed by atoms with Crippen LogP contribution in [0, 0.1) is 5.92 Å². The van der Waals surface area contributed by atoms with Gasteiger partial charge in [0.2, 0.25) is 15.9 Å². The number of aromatic nitrogens is 1. The molecule has 0 spiro atoms. The van der Waals surface area contributed by atoms with Gasteiger partial charge in [0.1, 0.15) is 0 Å². The van der Waals surface area contributed by atoms with Gasteiger partial charge in [-0.1, -0.05) is 24.3 Å². The number of carbonyl (C=O) groups is 1. The summed E-state index contributed by atoms with van der Waals surface area (Å²) in [7, 11) is -3.48. The van der Waals surface area contributed by atoms with Crippen molar-refractivity contribution in [3.05, 3.63) is 60.4 Å². The molecule has 8 heteroatoms. The Bertz CT molecular complexity index is 937. The minimum atomic E-state index is -3.48. The molecule has 0 N–H and O–H groups in total. The molecule has 160 valence electrons. The highest BCUT2D eigenvalue weighted by Gasteiger charge is 2.34. The smallest absolute Gasteiger partial charge is 0.243 e. The summed E-state index contributed by atoms with van der Waals surface area (Å²) in [6.07, 6.45) is 2.97. The molecular weight excluding hydrogens is 400 g/mol. The second kappa shape index (κ2) is 9.24. The Hall–Kier alpha value is -2.29. The molecule has 0 unspecified atom stereocenters. The van der Waals surface area contributed by atoms with Crippen LogP contribution in [-0.2, 0) is 21.4 Å². The van der Waals surface area contributed by atoms with Gasteiger partial charge in [0.15, 0.2) is 0 Å². The van der Waals surface area contributed by atoms with E-state index in [-0.39, 0.29) is 11.8 Å². The Labute approximate surface area is 178 Å². The number of carbonyl (C=O) groups excluding carboxylic acids is 1. The second-order valence-corrected chi connectivity index (χ2v) is 9.85.